The molecule has 1 N–H and O–H groups in total. The molecule has 2 aromatic rings. The molecule has 2 aromatic heterocycles. The third-order valence-electron chi connectivity index (χ3n) is 6.25. The van der Waals surface area contributed by atoms with E-state index in [1.54, 1.807) is 17.4 Å². The van der Waals surface area contributed by atoms with Crippen LogP contribution in [0.25, 0.3) is 0 Å². The van der Waals surface area contributed by atoms with Gasteiger partial charge in [0.2, 0.25) is 0 Å². The summed E-state index contributed by atoms with van der Waals surface area (Å²) in [5.74, 6) is 0.514. The maximum Gasteiger partial charge on any atom is 0.266 e. The Hall–Kier alpha value is -1.50. The molecule has 4 heterocycles. The summed E-state index contributed by atoms with van der Waals surface area (Å²) >= 11 is 1.80. The van der Waals surface area contributed by atoms with Crippen LogP contribution in [0.5, 0.6) is 0 Å². The fourth-order valence-corrected chi connectivity index (χ4v) is 5.55. The molecule has 5 nitrogen and oxygen atoms in total. The van der Waals surface area contributed by atoms with Crippen LogP contribution in [0.4, 0.5) is 0 Å². The number of rotatable bonds is 5. The lowest BCUT2D eigenvalue weighted by Crippen LogP contribution is -2.53. The van der Waals surface area contributed by atoms with E-state index in [4.69, 9.17) is 0 Å². The number of piperidine rings is 1. The second-order valence-corrected chi connectivity index (χ2v) is 9.33. The summed E-state index contributed by atoms with van der Waals surface area (Å²) in [6, 6.07) is 8.58. The zero-order valence-corrected chi connectivity index (χ0v) is 15.7. The molecule has 3 fully saturated rings. The number of nitrogens with zero attached hydrogens (tertiary/aromatic N) is 3. The van der Waals surface area contributed by atoms with E-state index in [1.807, 2.05) is 6.07 Å². The maximum atomic E-state index is 12.3. The van der Waals surface area contributed by atoms with Gasteiger partial charge in [0.25, 0.3) is 5.56 Å². The molecule has 6 heteroatoms. The molecule has 2 bridgehead atoms. The highest BCUT2D eigenvalue weighted by atomic mass is 32.1. The molecule has 0 radical (unpaired) electrons. The van der Waals surface area contributed by atoms with Crippen LogP contribution in [0.3, 0.4) is 0 Å². The average molecular weight is 372 g/mol. The monoisotopic (exact) mass is 371 g/mol. The minimum absolute atomic E-state index is 0.101. The van der Waals surface area contributed by atoms with E-state index in [9.17, 15) is 9.90 Å². The van der Waals surface area contributed by atoms with Gasteiger partial charge < -0.3 is 5.11 Å². The van der Waals surface area contributed by atoms with E-state index < -0.39 is 5.60 Å². The van der Waals surface area contributed by atoms with Gasteiger partial charge in [0.15, 0.2) is 0 Å². The van der Waals surface area contributed by atoms with Gasteiger partial charge in [-0.15, -0.1) is 11.3 Å². The third-order valence-corrected chi connectivity index (χ3v) is 7.11. The van der Waals surface area contributed by atoms with Gasteiger partial charge in [-0.1, -0.05) is 6.07 Å². The first-order chi connectivity index (χ1) is 12.6. The summed E-state index contributed by atoms with van der Waals surface area (Å²) in [4.78, 5) is 16.2. The van der Waals surface area contributed by atoms with Crippen molar-refractivity contribution in [2.24, 2.45) is 0 Å². The molecule has 1 saturated carbocycles. The molecule has 138 valence electrons. The zero-order chi connectivity index (χ0) is 17.7. The number of aliphatic hydroxyl groups is 1. The molecule has 1 unspecified atom stereocenters. The fraction of sp³-hybridized carbons (Fsp3) is 0.600. The van der Waals surface area contributed by atoms with Crippen molar-refractivity contribution in [3.63, 3.8) is 0 Å². The topological polar surface area (TPSA) is 58.4 Å². The van der Waals surface area contributed by atoms with Crippen molar-refractivity contribution in [3.8, 4) is 0 Å². The molecule has 5 rings (SSSR count). The predicted molar refractivity (Wildman–Crippen MR) is 101 cm³/mol. The standard InChI is InChI=1S/C20H25N3O2S/c24-19-8-7-18(14-3-4-14)21-23(19)13-20(25)10-15-5-6-16(11-20)22(15)12-17-2-1-9-26-17/h1-2,7-9,14-16,25H,3-6,10-13H2/t15-,16+,20?. The van der Waals surface area contributed by atoms with Gasteiger partial charge in [-0.3, -0.25) is 9.69 Å². The Morgan fingerprint density at radius 2 is 1.92 bits per heavy atom. The van der Waals surface area contributed by atoms with E-state index in [0.29, 0.717) is 24.5 Å². The van der Waals surface area contributed by atoms with E-state index in [0.717, 1.165) is 50.8 Å². The van der Waals surface area contributed by atoms with Crippen LogP contribution in [0.15, 0.2) is 34.4 Å². The SMILES string of the molecule is O=c1ccc(C2CC2)nn1CC1(O)C[C@H]2CC[C@@H](C1)N2Cc1cccs1. The van der Waals surface area contributed by atoms with Crippen LogP contribution < -0.4 is 5.56 Å². The van der Waals surface area contributed by atoms with E-state index in [2.05, 4.69) is 27.5 Å². The fourth-order valence-electron chi connectivity index (χ4n) is 4.84. The van der Waals surface area contributed by atoms with Crippen LogP contribution >= 0.6 is 11.3 Å². The van der Waals surface area contributed by atoms with Gasteiger partial charge in [-0.25, -0.2) is 4.68 Å². The molecule has 1 aliphatic carbocycles. The summed E-state index contributed by atoms with van der Waals surface area (Å²) in [7, 11) is 0. The van der Waals surface area contributed by atoms with Crippen LogP contribution in [-0.4, -0.2) is 37.5 Å². The summed E-state index contributed by atoms with van der Waals surface area (Å²) in [6.45, 7) is 1.31. The van der Waals surface area contributed by atoms with Crippen molar-refractivity contribution in [3.05, 3.63) is 50.6 Å². The van der Waals surface area contributed by atoms with Crippen LogP contribution in [0.1, 0.15) is 55.0 Å². The quantitative estimate of drug-likeness (QED) is 0.878. The summed E-state index contributed by atoms with van der Waals surface area (Å²) in [5, 5.41) is 18.0. The molecule has 3 aliphatic rings. The minimum atomic E-state index is -0.823. The van der Waals surface area contributed by atoms with Crippen molar-refractivity contribution in [2.75, 3.05) is 0 Å². The normalized spacial score (nSPS) is 31.4. The lowest BCUT2D eigenvalue weighted by Gasteiger charge is -2.43. The van der Waals surface area contributed by atoms with Gasteiger partial charge in [-0.2, -0.15) is 5.10 Å². The largest absolute Gasteiger partial charge is 0.388 e. The number of thiophene rings is 1. The highest BCUT2D eigenvalue weighted by molar-refractivity contribution is 7.09. The first-order valence-corrected chi connectivity index (χ1v) is 10.6. The molecular weight excluding hydrogens is 346 g/mol. The van der Waals surface area contributed by atoms with Gasteiger partial charge in [0.05, 0.1) is 17.8 Å². The summed E-state index contributed by atoms with van der Waals surface area (Å²) in [6.07, 6.45) is 6.08. The zero-order valence-electron chi connectivity index (χ0n) is 14.9. The Labute approximate surface area is 157 Å². The Balaban J connectivity index is 1.33. The van der Waals surface area contributed by atoms with Crippen LogP contribution in [-0.2, 0) is 13.1 Å². The minimum Gasteiger partial charge on any atom is -0.388 e. The van der Waals surface area contributed by atoms with Crippen LogP contribution in [0, 0.1) is 0 Å². The van der Waals surface area contributed by atoms with Crippen molar-refractivity contribution < 1.29 is 5.11 Å². The molecule has 0 amide bonds. The van der Waals surface area contributed by atoms with Crippen LogP contribution in [0.2, 0.25) is 0 Å². The Morgan fingerprint density at radius 1 is 1.15 bits per heavy atom. The molecule has 26 heavy (non-hydrogen) atoms. The van der Waals surface area contributed by atoms with Gasteiger partial charge >= 0.3 is 0 Å². The lowest BCUT2D eigenvalue weighted by atomic mass is 9.86. The van der Waals surface area contributed by atoms with E-state index in [1.165, 1.54) is 9.56 Å². The van der Waals surface area contributed by atoms with Crippen molar-refractivity contribution >= 4 is 11.3 Å². The summed E-state index contributed by atoms with van der Waals surface area (Å²) in [5.41, 5.74) is 0.0824. The second-order valence-electron chi connectivity index (χ2n) is 8.30. The highest BCUT2D eigenvalue weighted by Crippen LogP contribution is 2.42. The molecule has 3 atom stereocenters. The Kier molecular flexibility index (Phi) is 4.03. The molecule has 0 aromatic carbocycles. The van der Waals surface area contributed by atoms with Crippen molar-refractivity contribution in [1.82, 2.24) is 14.7 Å². The van der Waals surface area contributed by atoms with Gasteiger partial charge in [-0.05, 0) is 56.0 Å². The first-order valence-electron chi connectivity index (χ1n) is 9.68. The second kappa shape index (κ2) is 6.29. The first kappa shape index (κ1) is 16.7. The number of fused-ring (bicyclic) bond motifs is 2. The average Bonchev–Trinajstić information content (AvgIpc) is 3.28. The number of aromatic nitrogens is 2. The van der Waals surface area contributed by atoms with Crippen molar-refractivity contribution in [1.29, 1.82) is 0 Å². The molecular formula is C20H25N3O2S. The predicted octanol–water partition coefficient (Wildman–Crippen LogP) is 2.74. The molecule has 2 aliphatic heterocycles. The summed E-state index contributed by atoms with van der Waals surface area (Å²) < 4.78 is 1.52. The van der Waals surface area contributed by atoms with Gasteiger partial charge in [0.1, 0.15) is 0 Å². The molecule has 0 spiro atoms. The molecule has 2 saturated heterocycles. The van der Waals surface area contributed by atoms with E-state index in [-0.39, 0.29) is 5.56 Å². The lowest BCUT2D eigenvalue weighted by molar-refractivity contribution is -0.0675. The Bertz CT molecular complexity index is 829. The third kappa shape index (κ3) is 3.15. The van der Waals surface area contributed by atoms with Gasteiger partial charge in [0, 0.05) is 35.5 Å². The Morgan fingerprint density at radius 3 is 2.58 bits per heavy atom. The highest BCUT2D eigenvalue weighted by Gasteiger charge is 2.47. The number of hydrogen-bond donors (Lipinski definition) is 1. The number of hydrogen-bond acceptors (Lipinski definition) is 5. The maximum absolute atomic E-state index is 12.3. The van der Waals surface area contributed by atoms with E-state index >= 15 is 0 Å². The smallest absolute Gasteiger partial charge is 0.266 e. The van der Waals surface area contributed by atoms with Crippen molar-refractivity contribution in [2.45, 2.75) is 75.2 Å².